The van der Waals surface area contributed by atoms with E-state index < -0.39 is 0 Å². The van der Waals surface area contributed by atoms with E-state index in [9.17, 15) is 4.79 Å². The van der Waals surface area contributed by atoms with Crippen molar-refractivity contribution in [3.05, 3.63) is 70.7 Å². The molecule has 2 aromatic carbocycles. The van der Waals surface area contributed by atoms with Gasteiger partial charge in [0.05, 0.1) is 5.25 Å². The summed E-state index contributed by atoms with van der Waals surface area (Å²) < 4.78 is 0. The fourth-order valence-electron chi connectivity index (χ4n) is 1.72. The van der Waals surface area contributed by atoms with Gasteiger partial charge in [0, 0.05) is 16.3 Å². The molecule has 0 amide bonds. The molecule has 19 heavy (non-hydrogen) atoms. The number of halogens is 1. The average Bonchev–Trinajstić information content (AvgIpc) is 2.46. The lowest BCUT2D eigenvalue weighted by Crippen LogP contribution is -2.13. The minimum absolute atomic E-state index is 0.0543. The molecule has 0 radical (unpaired) electrons. The molecule has 1 nitrogen and oxygen atoms in total. The predicted octanol–water partition coefficient (Wildman–Crippen LogP) is 4.84. The van der Waals surface area contributed by atoms with Crippen LogP contribution in [0.25, 0.3) is 0 Å². The van der Waals surface area contributed by atoms with Crippen LogP contribution in [0, 0.1) is 0 Å². The highest BCUT2D eigenvalue weighted by Crippen LogP contribution is 2.21. The molecule has 1 atom stereocenters. The lowest BCUT2D eigenvalue weighted by atomic mass is 10.1. The minimum Gasteiger partial charge on any atom is -0.293 e. The fraction of sp³-hybridized carbons (Fsp3) is 0.188. The highest BCUT2D eigenvalue weighted by molar-refractivity contribution is 7.99. The summed E-state index contributed by atoms with van der Waals surface area (Å²) in [5.74, 6) is 0.999. The Kier molecular flexibility index (Phi) is 5.06. The van der Waals surface area contributed by atoms with Gasteiger partial charge < -0.3 is 0 Å². The van der Waals surface area contributed by atoms with Crippen LogP contribution in [0.4, 0.5) is 0 Å². The van der Waals surface area contributed by atoms with Gasteiger partial charge in [-0.1, -0.05) is 41.9 Å². The van der Waals surface area contributed by atoms with Gasteiger partial charge in [-0.25, -0.2) is 0 Å². The Bertz CT molecular complexity index is 536. The molecule has 0 N–H and O–H groups in total. The molecule has 0 aliphatic carbocycles. The first kappa shape index (κ1) is 14.2. The van der Waals surface area contributed by atoms with E-state index in [0.29, 0.717) is 5.02 Å². The van der Waals surface area contributed by atoms with Gasteiger partial charge in [-0.05, 0) is 36.8 Å². The first-order valence-corrected chi connectivity index (χ1v) is 7.55. The summed E-state index contributed by atoms with van der Waals surface area (Å²) in [5.41, 5.74) is 1.96. The van der Waals surface area contributed by atoms with Gasteiger partial charge in [0.2, 0.25) is 0 Å². The van der Waals surface area contributed by atoms with Gasteiger partial charge in [0.15, 0.2) is 5.78 Å². The van der Waals surface area contributed by atoms with Crippen molar-refractivity contribution in [2.24, 2.45) is 0 Å². The van der Waals surface area contributed by atoms with E-state index in [-0.39, 0.29) is 11.0 Å². The van der Waals surface area contributed by atoms with Gasteiger partial charge in [-0.2, -0.15) is 0 Å². The lowest BCUT2D eigenvalue weighted by Gasteiger charge is -2.10. The van der Waals surface area contributed by atoms with Crippen molar-refractivity contribution in [2.75, 3.05) is 0 Å². The Labute approximate surface area is 123 Å². The molecule has 0 fully saturated rings. The van der Waals surface area contributed by atoms with Gasteiger partial charge in [-0.15, -0.1) is 11.8 Å². The normalized spacial score (nSPS) is 12.1. The number of thioether (sulfide) groups is 1. The van der Waals surface area contributed by atoms with E-state index >= 15 is 0 Å². The maximum absolute atomic E-state index is 12.2. The Morgan fingerprint density at radius 2 is 1.74 bits per heavy atom. The highest BCUT2D eigenvalue weighted by atomic mass is 35.5. The molecule has 0 unspecified atom stereocenters. The number of benzene rings is 2. The predicted molar refractivity (Wildman–Crippen MR) is 83.0 cm³/mol. The van der Waals surface area contributed by atoms with Gasteiger partial charge >= 0.3 is 0 Å². The Balaban J connectivity index is 1.94. The number of hydrogen-bond donors (Lipinski definition) is 0. The maximum Gasteiger partial charge on any atom is 0.175 e. The summed E-state index contributed by atoms with van der Waals surface area (Å²) >= 11 is 7.47. The van der Waals surface area contributed by atoms with Crippen molar-refractivity contribution < 1.29 is 4.79 Å². The van der Waals surface area contributed by atoms with Crippen molar-refractivity contribution in [1.29, 1.82) is 0 Å². The summed E-state index contributed by atoms with van der Waals surface area (Å²) in [6.07, 6.45) is 0. The highest BCUT2D eigenvalue weighted by Gasteiger charge is 2.15. The van der Waals surface area contributed by atoms with E-state index in [1.54, 1.807) is 36.0 Å². The van der Waals surface area contributed by atoms with E-state index in [2.05, 4.69) is 12.1 Å². The monoisotopic (exact) mass is 290 g/mol. The standard InChI is InChI=1S/C16H15ClOS/c1-12(19-11-13-5-3-2-4-6-13)16(18)14-7-9-15(17)10-8-14/h2-10,12H,11H2,1H3/t12-/m1/s1. The second kappa shape index (κ2) is 6.78. The number of carbonyl (C=O) groups is 1. The zero-order valence-corrected chi connectivity index (χ0v) is 12.2. The van der Waals surface area contributed by atoms with E-state index in [0.717, 1.165) is 11.3 Å². The first-order valence-electron chi connectivity index (χ1n) is 6.12. The van der Waals surface area contributed by atoms with Crippen LogP contribution >= 0.6 is 23.4 Å². The number of hydrogen-bond acceptors (Lipinski definition) is 2. The molecular weight excluding hydrogens is 276 g/mol. The number of rotatable bonds is 5. The van der Waals surface area contributed by atoms with Gasteiger partial charge in [0.1, 0.15) is 0 Å². The largest absolute Gasteiger partial charge is 0.293 e. The van der Waals surface area contributed by atoms with Crippen LogP contribution in [0.2, 0.25) is 5.02 Å². The third kappa shape index (κ3) is 4.12. The Morgan fingerprint density at radius 3 is 2.37 bits per heavy atom. The number of carbonyl (C=O) groups excluding carboxylic acids is 1. The van der Waals surface area contributed by atoms with Crippen LogP contribution in [-0.2, 0) is 5.75 Å². The molecule has 2 rings (SSSR count). The molecule has 0 aromatic heterocycles. The topological polar surface area (TPSA) is 17.1 Å². The van der Waals surface area contributed by atoms with Crippen LogP contribution in [0.1, 0.15) is 22.8 Å². The van der Waals surface area contributed by atoms with Crippen LogP contribution in [0.3, 0.4) is 0 Å². The maximum atomic E-state index is 12.2. The summed E-state index contributed by atoms with van der Waals surface area (Å²) in [7, 11) is 0. The quantitative estimate of drug-likeness (QED) is 0.733. The molecule has 0 saturated carbocycles. The smallest absolute Gasteiger partial charge is 0.175 e. The van der Waals surface area contributed by atoms with E-state index in [1.165, 1.54) is 5.56 Å². The summed E-state index contributed by atoms with van der Waals surface area (Å²) in [6, 6.07) is 17.2. The molecule has 0 aliphatic heterocycles. The first-order chi connectivity index (χ1) is 9.16. The molecule has 0 saturated heterocycles. The van der Waals surface area contributed by atoms with Crippen molar-refractivity contribution in [3.63, 3.8) is 0 Å². The Hall–Kier alpha value is -1.25. The van der Waals surface area contributed by atoms with E-state index in [4.69, 9.17) is 11.6 Å². The molecule has 0 aliphatic rings. The van der Waals surface area contributed by atoms with Crippen molar-refractivity contribution in [2.45, 2.75) is 17.9 Å². The molecule has 0 bridgehead atoms. The molecule has 0 heterocycles. The SMILES string of the molecule is C[C@@H](SCc1ccccc1)C(=O)c1ccc(Cl)cc1. The lowest BCUT2D eigenvalue weighted by molar-refractivity contribution is 0.0994. The summed E-state index contributed by atoms with van der Waals surface area (Å²) in [4.78, 5) is 12.2. The van der Waals surface area contributed by atoms with Crippen LogP contribution in [0.15, 0.2) is 54.6 Å². The van der Waals surface area contributed by atoms with Crippen molar-refractivity contribution in [1.82, 2.24) is 0 Å². The van der Waals surface area contributed by atoms with Gasteiger partial charge in [0.25, 0.3) is 0 Å². The third-order valence-corrected chi connectivity index (χ3v) is 4.31. The fourth-order valence-corrected chi connectivity index (χ4v) is 2.77. The van der Waals surface area contributed by atoms with Crippen molar-refractivity contribution >= 4 is 29.1 Å². The van der Waals surface area contributed by atoms with E-state index in [1.807, 2.05) is 25.1 Å². The van der Waals surface area contributed by atoms with Crippen LogP contribution in [-0.4, -0.2) is 11.0 Å². The zero-order valence-electron chi connectivity index (χ0n) is 10.7. The van der Waals surface area contributed by atoms with Crippen LogP contribution in [0.5, 0.6) is 0 Å². The van der Waals surface area contributed by atoms with Gasteiger partial charge in [-0.3, -0.25) is 4.79 Å². The second-order valence-electron chi connectivity index (χ2n) is 4.31. The Morgan fingerprint density at radius 1 is 1.11 bits per heavy atom. The average molecular weight is 291 g/mol. The van der Waals surface area contributed by atoms with Crippen molar-refractivity contribution in [3.8, 4) is 0 Å². The van der Waals surface area contributed by atoms with Crippen LogP contribution < -0.4 is 0 Å². The molecule has 0 spiro atoms. The molecular formula is C16H15ClOS. The second-order valence-corrected chi connectivity index (χ2v) is 6.08. The third-order valence-electron chi connectivity index (χ3n) is 2.84. The zero-order chi connectivity index (χ0) is 13.7. The molecule has 98 valence electrons. The molecule has 2 aromatic rings. The number of Topliss-reactive ketones (excluding diaryl/α,β-unsaturated/α-hetero) is 1. The summed E-state index contributed by atoms with van der Waals surface area (Å²) in [5, 5.41) is 0.600. The molecule has 3 heteroatoms. The summed E-state index contributed by atoms with van der Waals surface area (Å²) in [6.45, 7) is 1.95. The minimum atomic E-state index is -0.0543. The number of ketones is 1.